The van der Waals surface area contributed by atoms with Crippen LogP contribution in [-0.4, -0.2) is 48.7 Å². The molecule has 0 saturated carbocycles. The van der Waals surface area contributed by atoms with E-state index in [9.17, 15) is 8.42 Å². The number of sulfonamides is 1. The third-order valence-electron chi connectivity index (χ3n) is 2.34. The van der Waals surface area contributed by atoms with Crippen molar-refractivity contribution >= 4 is 21.7 Å². The van der Waals surface area contributed by atoms with E-state index in [1.807, 2.05) is 0 Å². The lowest BCUT2D eigenvalue weighted by Gasteiger charge is -2.09. The highest BCUT2D eigenvalue weighted by atomic mass is 32.2. The zero-order valence-electron chi connectivity index (χ0n) is 10.7. The largest absolute Gasteiger partial charge is 0.409 e. The Morgan fingerprint density at radius 3 is 2.95 bits per heavy atom. The van der Waals surface area contributed by atoms with Crippen LogP contribution in [0.1, 0.15) is 12.0 Å². The van der Waals surface area contributed by atoms with Gasteiger partial charge in [-0.15, -0.1) is 0 Å². The van der Waals surface area contributed by atoms with Crippen LogP contribution in [0.25, 0.3) is 0 Å². The monoisotopic (exact) mass is 291 g/mol. The molecule has 0 aliphatic carbocycles. The molecule has 1 rings (SSSR count). The number of nitrogens with one attached hydrogen (secondary N) is 1. The fourth-order valence-electron chi connectivity index (χ4n) is 1.39. The molecule has 10 heteroatoms. The number of nitrogens with zero attached hydrogens (tertiary/aromatic N) is 3. The number of ether oxygens (including phenoxy) is 1. The molecular formula is C9H17N5O4S. The second-order valence-electron chi connectivity index (χ2n) is 3.78. The molecule has 4 N–H and O–H groups in total. The molecule has 9 nitrogen and oxygen atoms in total. The van der Waals surface area contributed by atoms with Crippen LogP contribution in [0.3, 0.4) is 0 Å². The molecule has 1 heterocycles. The molecule has 0 radical (unpaired) electrons. The van der Waals surface area contributed by atoms with Gasteiger partial charge in [0, 0.05) is 20.8 Å². The van der Waals surface area contributed by atoms with Crippen molar-refractivity contribution in [2.75, 3.05) is 24.2 Å². The van der Waals surface area contributed by atoms with Gasteiger partial charge >= 0.3 is 0 Å². The molecule has 108 valence electrons. The summed E-state index contributed by atoms with van der Waals surface area (Å²) in [7, 11) is -0.506. The highest BCUT2D eigenvalue weighted by Gasteiger charge is 2.18. The summed E-state index contributed by atoms with van der Waals surface area (Å²) in [4.78, 5) is 0. The molecular weight excluding hydrogens is 274 g/mol. The summed E-state index contributed by atoms with van der Waals surface area (Å²) in [6.45, 7) is 0.347. The van der Waals surface area contributed by atoms with Gasteiger partial charge in [0.05, 0.1) is 17.5 Å². The van der Waals surface area contributed by atoms with E-state index in [1.165, 1.54) is 18.0 Å². The third-order valence-corrected chi connectivity index (χ3v) is 3.67. The van der Waals surface area contributed by atoms with E-state index in [0.717, 1.165) is 0 Å². The van der Waals surface area contributed by atoms with E-state index in [0.29, 0.717) is 13.0 Å². The van der Waals surface area contributed by atoms with Gasteiger partial charge in [0.1, 0.15) is 5.82 Å². The highest BCUT2D eigenvalue weighted by Crippen LogP contribution is 2.15. The highest BCUT2D eigenvalue weighted by molar-refractivity contribution is 7.92. The van der Waals surface area contributed by atoms with Gasteiger partial charge in [0.25, 0.3) is 0 Å². The maximum atomic E-state index is 11.8. The average molecular weight is 291 g/mol. The molecule has 0 fully saturated rings. The molecule has 0 bridgehead atoms. The van der Waals surface area contributed by atoms with E-state index in [4.69, 9.17) is 15.7 Å². The molecule has 0 spiro atoms. The number of oxime groups is 1. The molecule has 19 heavy (non-hydrogen) atoms. The van der Waals surface area contributed by atoms with Crippen molar-refractivity contribution in [1.82, 2.24) is 9.78 Å². The summed E-state index contributed by atoms with van der Waals surface area (Å²) in [5.41, 5.74) is 5.65. The first-order chi connectivity index (χ1) is 8.91. The number of nitrogens with two attached hydrogens (primary N) is 1. The maximum Gasteiger partial charge on any atom is 0.233 e. The van der Waals surface area contributed by atoms with Crippen LogP contribution >= 0.6 is 0 Å². The Labute approximate surface area is 111 Å². The van der Waals surface area contributed by atoms with Crippen LogP contribution in [-0.2, 0) is 21.8 Å². The lowest BCUT2D eigenvalue weighted by Crippen LogP contribution is -2.22. The first-order valence-corrected chi connectivity index (χ1v) is 7.06. The standard InChI is InChI=1S/C9H17N5O4S/c1-14-9(7(6-11-14)8(10)12-15)13-19(16,17)5-3-4-18-2/h6,13,15H,3-5H2,1-2H3,(H2,10,12). The summed E-state index contributed by atoms with van der Waals surface area (Å²) in [5.74, 6) is -0.169. The number of anilines is 1. The molecule has 0 aromatic carbocycles. The third kappa shape index (κ3) is 4.10. The zero-order valence-corrected chi connectivity index (χ0v) is 11.5. The number of aromatic nitrogens is 2. The van der Waals surface area contributed by atoms with Crippen LogP contribution in [0.2, 0.25) is 0 Å². The predicted octanol–water partition coefficient (Wildman–Crippen LogP) is -0.707. The fraction of sp³-hybridized carbons (Fsp3) is 0.556. The average Bonchev–Trinajstić information content (AvgIpc) is 2.70. The molecule has 1 aromatic heterocycles. The van der Waals surface area contributed by atoms with Crippen molar-refractivity contribution in [2.24, 2.45) is 17.9 Å². The van der Waals surface area contributed by atoms with Gasteiger partial charge in [0.2, 0.25) is 10.0 Å². The van der Waals surface area contributed by atoms with Gasteiger partial charge in [-0.2, -0.15) is 5.10 Å². The number of rotatable bonds is 7. The minimum Gasteiger partial charge on any atom is -0.409 e. The Morgan fingerprint density at radius 2 is 2.37 bits per heavy atom. The van der Waals surface area contributed by atoms with Gasteiger partial charge in [-0.3, -0.25) is 9.40 Å². The summed E-state index contributed by atoms with van der Waals surface area (Å²) in [5, 5.41) is 15.3. The van der Waals surface area contributed by atoms with Gasteiger partial charge in [0.15, 0.2) is 5.84 Å². The molecule has 0 saturated heterocycles. The lowest BCUT2D eigenvalue weighted by molar-refractivity contribution is 0.199. The fourth-order valence-corrected chi connectivity index (χ4v) is 2.53. The van der Waals surface area contributed by atoms with Gasteiger partial charge in [-0.05, 0) is 6.42 Å². The number of hydrogen-bond donors (Lipinski definition) is 3. The molecule has 0 amide bonds. The smallest absolute Gasteiger partial charge is 0.233 e. The van der Waals surface area contributed by atoms with Crippen LogP contribution in [0.5, 0.6) is 0 Å². The quantitative estimate of drug-likeness (QED) is 0.200. The number of methoxy groups -OCH3 is 1. The minimum atomic E-state index is -3.55. The number of aryl methyl sites for hydroxylation is 1. The van der Waals surface area contributed by atoms with Crippen molar-refractivity contribution in [3.05, 3.63) is 11.8 Å². The molecule has 1 aromatic rings. The lowest BCUT2D eigenvalue weighted by atomic mass is 10.3. The van der Waals surface area contributed by atoms with Crippen molar-refractivity contribution in [3.8, 4) is 0 Å². The number of hydrogen-bond acceptors (Lipinski definition) is 6. The second-order valence-corrected chi connectivity index (χ2v) is 5.62. The maximum absolute atomic E-state index is 11.8. The predicted molar refractivity (Wildman–Crippen MR) is 69.6 cm³/mol. The Balaban J connectivity index is 2.90. The van der Waals surface area contributed by atoms with Crippen molar-refractivity contribution in [2.45, 2.75) is 6.42 Å². The Hall–Kier alpha value is -1.81. The first-order valence-electron chi connectivity index (χ1n) is 5.40. The topological polar surface area (TPSA) is 132 Å². The summed E-state index contributed by atoms with van der Waals surface area (Å²) in [6.07, 6.45) is 1.67. The van der Waals surface area contributed by atoms with Crippen LogP contribution in [0, 0.1) is 0 Å². The normalized spacial score (nSPS) is 12.6. The minimum absolute atomic E-state index is 0.0956. The Morgan fingerprint density at radius 1 is 1.68 bits per heavy atom. The van der Waals surface area contributed by atoms with E-state index in [-0.39, 0.29) is 23.0 Å². The molecule has 0 unspecified atom stereocenters. The van der Waals surface area contributed by atoms with Crippen LogP contribution in [0.4, 0.5) is 5.82 Å². The van der Waals surface area contributed by atoms with Gasteiger partial charge < -0.3 is 15.7 Å². The summed E-state index contributed by atoms with van der Waals surface area (Å²) in [6, 6.07) is 0. The molecule has 0 aliphatic rings. The van der Waals surface area contributed by atoms with Gasteiger partial charge in [-0.1, -0.05) is 5.16 Å². The van der Waals surface area contributed by atoms with Crippen LogP contribution < -0.4 is 10.5 Å². The molecule has 0 aliphatic heterocycles. The Kier molecular flexibility index (Phi) is 5.12. The van der Waals surface area contributed by atoms with Crippen molar-refractivity contribution in [1.29, 1.82) is 0 Å². The first kappa shape index (κ1) is 15.2. The summed E-state index contributed by atoms with van der Waals surface area (Å²) < 4.78 is 32.1. The van der Waals surface area contributed by atoms with E-state index >= 15 is 0 Å². The van der Waals surface area contributed by atoms with E-state index < -0.39 is 10.0 Å². The number of amidine groups is 1. The van der Waals surface area contributed by atoms with Crippen LogP contribution in [0.15, 0.2) is 11.4 Å². The van der Waals surface area contributed by atoms with Crippen molar-refractivity contribution < 1.29 is 18.4 Å². The van der Waals surface area contributed by atoms with E-state index in [2.05, 4.69) is 15.0 Å². The van der Waals surface area contributed by atoms with Gasteiger partial charge in [-0.25, -0.2) is 8.42 Å². The summed E-state index contributed by atoms with van der Waals surface area (Å²) >= 11 is 0. The second kappa shape index (κ2) is 6.38. The SMILES string of the molecule is COCCCS(=O)(=O)Nc1c(C(N)=NO)cnn1C. The molecule has 0 atom stereocenters. The van der Waals surface area contributed by atoms with E-state index in [1.54, 1.807) is 7.05 Å². The van der Waals surface area contributed by atoms with Crippen molar-refractivity contribution in [3.63, 3.8) is 0 Å². The zero-order chi connectivity index (χ0) is 14.5. The Bertz CT molecular complexity index is 551.